The van der Waals surface area contributed by atoms with E-state index in [4.69, 9.17) is 5.11 Å². The molecule has 18 heavy (non-hydrogen) atoms. The van der Waals surface area contributed by atoms with Crippen molar-refractivity contribution < 1.29 is 14.7 Å². The summed E-state index contributed by atoms with van der Waals surface area (Å²) in [6.45, 7) is 2.70. The average Bonchev–Trinajstić information content (AvgIpc) is 2.94. The molecule has 0 radical (unpaired) electrons. The summed E-state index contributed by atoms with van der Waals surface area (Å²) in [5.74, 6) is 0.510. The van der Waals surface area contributed by atoms with Crippen molar-refractivity contribution in [1.29, 1.82) is 0 Å². The SMILES string of the molecule is CN1CCC(CNC(=O)N2CSCC2C(=O)O)C1. The van der Waals surface area contributed by atoms with E-state index in [2.05, 4.69) is 17.3 Å². The number of aliphatic carboxylic acids is 1. The number of nitrogens with zero attached hydrogens (tertiary/aromatic N) is 2. The zero-order chi connectivity index (χ0) is 13.1. The van der Waals surface area contributed by atoms with Crippen LogP contribution in [0.4, 0.5) is 4.79 Å². The molecule has 7 heteroatoms. The molecule has 2 aliphatic heterocycles. The second-order valence-electron chi connectivity index (χ2n) is 4.93. The largest absolute Gasteiger partial charge is 0.480 e. The van der Waals surface area contributed by atoms with Gasteiger partial charge < -0.3 is 20.2 Å². The average molecular weight is 273 g/mol. The first-order chi connectivity index (χ1) is 8.58. The van der Waals surface area contributed by atoms with Crippen LogP contribution in [0.15, 0.2) is 0 Å². The van der Waals surface area contributed by atoms with Gasteiger partial charge in [0.25, 0.3) is 0 Å². The number of carbonyl (C=O) groups excluding carboxylic acids is 1. The number of carboxylic acid groups (broad SMARTS) is 1. The summed E-state index contributed by atoms with van der Waals surface area (Å²) in [6.07, 6.45) is 1.09. The zero-order valence-electron chi connectivity index (χ0n) is 10.5. The van der Waals surface area contributed by atoms with Crippen molar-refractivity contribution in [2.24, 2.45) is 5.92 Å². The summed E-state index contributed by atoms with van der Waals surface area (Å²) in [7, 11) is 2.07. The second-order valence-corrected chi connectivity index (χ2v) is 5.93. The van der Waals surface area contributed by atoms with Crippen LogP contribution in [0.1, 0.15) is 6.42 Å². The first-order valence-corrected chi connectivity index (χ1v) is 7.27. The van der Waals surface area contributed by atoms with Crippen LogP contribution in [0.2, 0.25) is 0 Å². The lowest BCUT2D eigenvalue weighted by molar-refractivity contribution is -0.140. The van der Waals surface area contributed by atoms with Crippen molar-refractivity contribution in [2.45, 2.75) is 12.5 Å². The van der Waals surface area contributed by atoms with E-state index in [1.807, 2.05) is 0 Å². The maximum atomic E-state index is 11.9. The highest BCUT2D eigenvalue weighted by Crippen LogP contribution is 2.21. The van der Waals surface area contributed by atoms with Crippen molar-refractivity contribution in [1.82, 2.24) is 15.1 Å². The predicted octanol–water partition coefficient (Wildman–Crippen LogP) is 0.107. The number of urea groups is 1. The Hall–Kier alpha value is -0.950. The molecule has 0 aromatic rings. The Bertz CT molecular complexity index is 339. The first kappa shape index (κ1) is 13.5. The number of carboxylic acids is 1. The lowest BCUT2D eigenvalue weighted by atomic mass is 10.1. The molecular weight excluding hydrogens is 254 g/mol. The van der Waals surface area contributed by atoms with Crippen LogP contribution in [-0.2, 0) is 4.79 Å². The van der Waals surface area contributed by atoms with Crippen molar-refractivity contribution in [2.75, 3.05) is 38.3 Å². The summed E-state index contributed by atoms with van der Waals surface area (Å²) in [6, 6.07) is -0.928. The minimum absolute atomic E-state index is 0.248. The van der Waals surface area contributed by atoms with E-state index in [-0.39, 0.29) is 6.03 Å². The highest BCUT2D eigenvalue weighted by Gasteiger charge is 2.34. The van der Waals surface area contributed by atoms with Crippen LogP contribution in [0.5, 0.6) is 0 Å². The molecule has 2 saturated heterocycles. The fourth-order valence-electron chi connectivity index (χ4n) is 2.37. The number of hydrogen-bond acceptors (Lipinski definition) is 4. The van der Waals surface area contributed by atoms with Gasteiger partial charge in [-0.2, -0.15) is 0 Å². The van der Waals surface area contributed by atoms with E-state index in [9.17, 15) is 9.59 Å². The molecule has 6 nitrogen and oxygen atoms in total. The number of nitrogens with one attached hydrogen (secondary N) is 1. The van der Waals surface area contributed by atoms with Gasteiger partial charge in [0.2, 0.25) is 0 Å². The van der Waals surface area contributed by atoms with Crippen molar-refractivity contribution in [3.63, 3.8) is 0 Å². The van der Waals surface area contributed by atoms with Gasteiger partial charge in [-0.3, -0.25) is 0 Å². The van der Waals surface area contributed by atoms with Crippen LogP contribution < -0.4 is 5.32 Å². The van der Waals surface area contributed by atoms with Gasteiger partial charge in [-0.05, 0) is 25.9 Å². The van der Waals surface area contributed by atoms with Crippen LogP contribution >= 0.6 is 11.8 Å². The lowest BCUT2D eigenvalue weighted by Crippen LogP contribution is -2.48. The molecule has 0 aliphatic carbocycles. The van der Waals surface area contributed by atoms with E-state index >= 15 is 0 Å². The van der Waals surface area contributed by atoms with E-state index in [1.54, 1.807) is 0 Å². The standard InChI is InChI=1S/C11H19N3O3S/c1-13-3-2-8(5-13)4-12-11(17)14-7-18-6-9(14)10(15)16/h8-9H,2-7H2,1H3,(H,12,17)(H,15,16). The minimum atomic E-state index is -0.921. The molecule has 2 fully saturated rings. The van der Waals surface area contributed by atoms with Gasteiger partial charge in [0, 0.05) is 18.8 Å². The Labute approximate surface area is 111 Å². The maximum absolute atomic E-state index is 11.9. The maximum Gasteiger partial charge on any atom is 0.327 e. The Morgan fingerprint density at radius 3 is 2.89 bits per heavy atom. The fraction of sp³-hybridized carbons (Fsp3) is 0.818. The van der Waals surface area contributed by atoms with Crippen LogP contribution in [0.3, 0.4) is 0 Å². The lowest BCUT2D eigenvalue weighted by Gasteiger charge is -2.22. The van der Waals surface area contributed by atoms with Gasteiger partial charge in [0.1, 0.15) is 6.04 Å². The van der Waals surface area contributed by atoms with Gasteiger partial charge in [-0.15, -0.1) is 11.8 Å². The summed E-state index contributed by atoms with van der Waals surface area (Å²) in [4.78, 5) is 26.5. The molecule has 2 heterocycles. The van der Waals surface area contributed by atoms with Gasteiger partial charge in [0.05, 0.1) is 5.88 Å². The molecule has 0 bridgehead atoms. The van der Waals surface area contributed by atoms with Crippen LogP contribution in [-0.4, -0.2) is 71.3 Å². The molecular formula is C11H19N3O3S. The quantitative estimate of drug-likeness (QED) is 0.763. The zero-order valence-corrected chi connectivity index (χ0v) is 11.3. The number of thioether (sulfide) groups is 1. The normalized spacial score (nSPS) is 28.6. The number of rotatable bonds is 3. The fourth-order valence-corrected chi connectivity index (χ4v) is 3.52. The number of carbonyl (C=O) groups is 2. The van der Waals surface area contributed by atoms with Gasteiger partial charge in [-0.1, -0.05) is 0 Å². The second kappa shape index (κ2) is 5.79. The Balaban J connectivity index is 1.79. The topological polar surface area (TPSA) is 72.9 Å². The molecule has 2 rings (SSSR count). The van der Waals surface area contributed by atoms with Crippen molar-refractivity contribution in [3.8, 4) is 0 Å². The molecule has 0 saturated carbocycles. The van der Waals surface area contributed by atoms with Crippen LogP contribution in [0.25, 0.3) is 0 Å². The molecule has 2 N–H and O–H groups in total. The third-order valence-electron chi connectivity index (χ3n) is 3.46. The number of amides is 2. The van der Waals surface area contributed by atoms with Gasteiger partial charge in [0.15, 0.2) is 0 Å². The molecule has 0 aromatic heterocycles. The molecule has 2 atom stereocenters. The van der Waals surface area contributed by atoms with Gasteiger partial charge >= 0.3 is 12.0 Å². The molecule has 0 spiro atoms. The molecule has 2 amide bonds. The van der Waals surface area contributed by atoms with Crippen molar-refractivity contribution in [3.05, 3.63) is 0 Å². The molecule has 2 aliphatic rings. The number of likely N-dealkylation sites (tertiary alicyclic amines) is 1. The Morgan fingerprint density at radius 2 is 2.28 bits per heavy atom. The Kier molecular flexibility index (Phi) is 4.34. The summed E-state index contributed by atoms with van der Waals surface area (Å²) in [5.41, 5.74) is 0. The summed E-state index contributed by atoms with van der Waals surface area (Å²) in [5, 5.41) is 11.9. The van der Waals surface area contributed by atoms with E-state index in [0.717, 1.165) is 19.5 Å². The molecule has 0 aromatic carbocycles. The molecule has 102 valence electrons. The minimum Gasteiger partial charge on any atom is -0.480 e. The third-order valence-corrected chi connectivity index (χ3v) is 4.47. The first-order valence-electron chi connectivity index (χ1n) is 6.11. The van der Waals surface area contributed by atoms with Gasteiger partial charge in [-0.25, -0.2) is 9.59 Å². The summed E-state index contributed by atoms with van der Waals surface area (Å²) < 4.78 is 0. The van der Waals surface area contributed by atoms with Crippen LogP contribution in [0, 0.1) is 5.92 Å². The highest BCUT2D eigenvalue weighted by atomic mass is 32.2. The Morgan fingerprint density at radius 1 is 1.50 bits per heavy atom. The number of hydrogen-bond donors (Lipinski definition) is 2. The van der Waals surface area contributed by atoms with E-state index < -0.39 is 12.0 Å². The van der Waals surface area contributed by atoms with E-state index in [0.29, 0.717) is 24.1 Å². The smallest absolute Gasteiger partial charge is 0.327 e. The van der Waals surface area contributed by atoms with Crippen molar-refractivity contribution >= 4 is 23.8 Å². The highest BCUT2D eigenvalue weighted by molar-refractivity contribution is 7.99. The molecule has 2 unspecified atom stereocenters. The third kappa shape index (κ3) is 3.08. The predicted molar refractivity (Wildman–Crippen MR) is 69.6 cm³/mol. The van der Waals surface area contributed by atoms with E-state index in [1.165, 1.54) is 16.7 Å². The monoisotopic (exact) mass is 273 g/mol. The summed E-state index contributed by atoms with van der Waals surface area (Å²) >= 11 is 1.48.